The van der Waals surface area contributed by atoms with Crippen LogP contribution in [0.15, 0.2) is 0 Å². The van der Waals surface area contributed by atoms with E-state index in [1.165, 1.54) is 57.8 Å². The predicted molar refractivity (Wildman–Crippen MR) is 89.7 cm³/mol. The van der Waals surface area contributed by atoms with Crippen molar-refractivity contribution >= 4 is 0 Å². The molecule has 2 unspecified atom stereocenters. The Morgan fingerprint density at radius 2 is 1.81 bits per heavy atom. The largest absolute Gasteiger partial charge is 0.380 e. The van der Waals surface area contributed by atoms with Crippen LogP contribution < -0.4 is 5.32 Å². The lowest BCUT2D eigenvalue weighted by Crippen LogP contribution is -2.50. The van der Waals surface area contributed by atoms with Crippen LogP contribution in [0.25, 0.3) is 0 Å². The lowest BCUT2D eigenvalue weighted by Gasteiger charge is -2.37. The van der Waals surface area contributed by atoms with Gasteiger partial charge in [-0.15, -0.1) is 0 Å². The Morgan fingerprint density at radius 3 is 2.52 bits per heavy atom. The van der Waals surface area contributed by atoms with Crippen LogP contribution in [0.3, 0.4) is 0 Å². The van der Waals surface area contributed by atoms with Crippen molar-refractivity contribution in [1.82, 2.24) is 10.2 Å². The van der Waals surface area contributed by atoms with Gasteiger partial charge < -0.3 is 10.1 Å². The molecular weight excluding hydrogens is 260 g/mol. The van der Waals surface area contributed by atoms with Gasteiger partial charge >= 0.3 is 0 Å². The Balaban J connectivity index is 1.74. The van der Waals surface area contributed by atoms with Gasteiger partial charge in [-0.1, -0.05) is 32.6 Å². The van der Waals surface area contributed by atoms with E-state index in [4.69, 9.17) is 4.74 Å². The van der Waals surface area contributed by atoms with Crippen LogP contribution in [0.4, 0.5) is 0 Å². The van der Waals surface area contributed by atoms with Crippen LogP contribution in [0, 0.1) is 5.92 Å². The van der Waals surface area contributed by atoms with Gasteiger partial charge in [-0.2, -0.15) is 0 Å². The molecule has 124 valence electrons. The molecule has 0 aromatic rings. The number of nitrogens with one attached hydrogen (secondary N) is 1. The molecule has 2 aliphatic carbocycles. The van der Waals surface area contributed by atoms with E-state index in [0.717, 1.165) is 32.2 Å². The van der Waals surface area contributed by atoms with Gasteiger partial charge in [0.05, 0.1) is 6.61 Å². The van der Waals surface area contributed by atoms with Crippen molar-refractivity contribution in [3.05, 3.63) is 0 Å². The monoisotopic (exact) mass is 296 g/mol. The lowest BCUT2D eigenvalue weighted by atomic mass is 9.91. The second kappa shape index (κ2) is 9.81. The SMILES string of the molecule is CCCNC1CCCCCCC1N(C)CCOCC1CC1. The zero-order chi connectivity index (χ0) is 14.9. The van der Waals surface area contributed by atoms with Crippen LogP contribution in [-0.2, 0) is 4.74 Å². The summed E-state index contributed by atoms with van der Waals surface area (Å²) in [6, 6.07) is 1.38. The second-order valence-electron chi connectivity index (χ2n) is 7.12. The molecule has 0 bridgehead atoms. The fourth-order valence-electron chi connectivity index (χ4n) is 3.47. The molecule has 0 aromatic carbocycles. The highest BCUT2D eigenvalue weighted by Crippen LogP contribution is 2.28. The Hall–Kier alpha value is -0.120. The zero-order valence-electron chi connectivity index (χ0n) is 14.3. The minimum Gasteiger partial charge on any atom is -0.380 e. The van der Waals surface area contributed by atoms with E-state index in [1.54, 1.807) is 0 Å². The van der Waals surface area contributed by atoms with E-state index in [2.05, 4.69) is 24.2 Å². The molecular formula is C18H36N2O. The van der Waals surface area contributed by atoms with Crippen LogP contribution in [0.1, 0.15) is 64.7 Å². The number of hydrogen-bond donors (Lipinski definition) is 1. The Kier molecular flexibility index (Phi) is 8.05. The molecule has 2 saturated carbocycles. The van der Waals surface area contributed by atoms with Gasteiger partial charge in [0.15, 0.2) is 0 Å². The predicted octanol–water partition coefficient (Wildman–Crippen LogP) is 3.44. The summed E-state index contributed by atoms with van der Waals surface area (Å²) >= 11 is 0. The molecule has 0 spiro atoms. The second-order valence-corrected chi connectivity index (χ2v) is 7.12. The fraction of sp³-hybridized carbons (Fsp3) is 1.00. The molecule has 1 N–H and O–H groups in total. The molecule has 0 aromatic heterocycles. The average molecular weight is 296 g/mol. The topological polar surface area (TPSA) is 24.5 Å². The third-order valence-electron chi connectivity index (χ3n) is 5.09. The van der Waals surface area contributed by atoms with Crippen molar-refractivity contribution in [2.45, 2.75) is 76.8 Å². The Morgan fingerprint density at radius 1 is 1.05 bits per heavy atom. The molecule has 3 nitrogen and oxygen atoms in total. The first-order valence-corrected chi connectivity index (χ1v) is 9.32. The summed E-state index contributed by atoms with van der Waals surface area (Å²) < 4.78 is 5.83. The van der Waals surface area contributed by atoms with Crippen molar-refractivity contribution in [3.8, 4) is 0 Å². The average Bonchev–Trinajstić information content (AvgIpc) is 3.27. The van der Waals surface area contributed by atoms with Crippen LogP contribution >= 0.6 is 0 Å². The molecule has 0 heterocycles. The molecule has 0 saturated heterocycles. The molecule has 0 aliphatic heterocycles. The molecule has 3 heteroatoms. The fourth-order valence-corrected chi connectivity index (χ4v) is 3.47. The number of hydrogen-bond acceptors (Lipinski definition) is 3. The number of nitrogens with zero attached hydrogens (tertiary/aromatic N) is 1. The van der Waals surface area contributed by atoms with Crippen molar-refractivity contribution in [2.75, 3.05) is 33.4 Å². The number of ether oxygens (including phenoxy) is 1. The first-order chi connectivity index (χ1) is 10.3. The van der Waals surface area contributed by atoms with Gasteiger partial charge in [-0.05, 0) is 51.6 Å². The highest BCUT2D eigenvalue weighted by molar-refractivity contribution is 4.85. The maximum atomic E-state index is 5.83. The van der Waals surface area contributed by atoms with E-state index < -0.39 is 0 Å². The molecule has 2 rings (SSSR count). The summed E-state index contributed by atoms with van der Waals surface area (Å²) in [5, 5.41) is 3.81. The first kappa shape index (κ1) is 17.2. The van der Waals surface area contributed by atoms with E-state index in [1.807, 2.05) is 0 Å². The highest BCUT2D eigenvalue weighted by Gasteiger charge is 2.26. The highest BCUT2D eigenvalue weighted by atomic mass is 16.5. The normalized spacial score (nSPS) is 27.6. The first-order valence-electron chi connectivity index (χ1n) is 9.32. The minimum atomic E-state index is 0.679. The summed E-state index contributed by atoms with van der Waals surface area (Å²) in [6.07, 6.45) is 12.3. The van der Waals surface area contributed by atoms with Gasteiger partial charge in [0.1, 0.15) is 0 Å². The van der Waals surface area contributed by atoms with Crippen molar-refractivity contribution in [1.29, 1.82) is 0 Å². The van der Waals surface area contributed by atoms with Crippen molar-refractivity contribution in [3.63, 3.8) is 0 Å². The Bertz CT molecular complexity index is 266. The summed E-state index contributed by atoms with van der Waals surface area (Å²) in [5.41, 5.74) is 0. The zero-order valence-corrected chi connectivity index (χ0v) is 14.3. The van der Waals surface area contributed by atoms with E-state index in [-0.39, 0.29) is 0 Å². The van der Waals surface area contributed by atoms with Crippen LogP contribution in [-0.4, -0.2) is 50.3 Å². The summed E-state index contributed by atoms with van der Waals surface area (Å²) in [4.78, 5) is 2.56. The molecule has 0 radical (unpaired) electrons. The van der Waals surface area contributed by atoms with E-state index in [9.17, 15) is 0 Å². The van der Waals surface area contributed by atoms with Gasteiger partial charge in [-0.25, -0.2) is 0 Å². The molecule has 2 atom stereocenters. The molecule has 21 heavy (non-hydrogen) atoms. The summed E-state index contributed by atoms with van der Waals surface area (Å²) in [5.74, 6) is 0.885. The summed E-state index contributed by atoms with van der Waals surface area (Å²) in [7, 11) is 2.30. The third-order valence-corrected chi connectivity index (χ3v) is 5.09. The van der Waals surface area contributed by atoms with Crippen molar-refractivity contribution < 1.29 is 4.74 Å². The third kappa shape index (κ3) is 6.66. The van der Waals surface area contributed by atoms with Crippen LogP contribution in [0.5, 0.6) is 0 Å². The summed E-state index contributed by atoms with van der Waals surface area (Å²) in [6.45, 7) is 6.41. The van der Waals surface area contributed by atoms with Gasteiger partial charge in [0, 0.05) is 25.2 Å². The van der Waals surface area contributed by atoms with Gasteiger partial charge in [-0.3, -0.25) is 4.90 Å². The van der Waals surface area contributed by atoms with Crippen LogP contribution in [0.2, 0.25) is 0 Å². The number of rotatable bonds is 9. The molecule has 2 fully saturated rings. The molecule has 2 aliphatic rings. The maximum Gasteiger partial charge on any atom is 0.0593 e. The lowest BCUT2D eigenvalue weighted by molar-refractivity contribution is 0.0780. The minimum absolute atomic E-state index is 0.679. The van der Waals surface area contributed by atoms with E-state index in [0.29, 0.717) is 12.1 Å². The van der Waals surface area contributed by atoms with Gasteiger partial charge in [0.25, 0.3) is 0 Å². The quantitative estimate of drug-likeness (QED) is 0.660. The van der Waals surface area contributed by atoms with Gasteiger partial charge in [0.2, 0.25) is 0 Å². The van der Waals surface area contributed by atoms with E-state index >= 15 is 0 Å². The number of likely N-dealkylation sites (N-methyl/N-ethyl adjacent to an activating group) is 1. The Labute approximate surface area is 131 Å². The maximum absolute atomic E-state index is 5.83. The molecule has 0 amide bonds. The smallest absolute Gasteiger partial charge is 0.0593 e. The van der Waals surface area contributed by atoms with Crippen molar-refractivity contribution in [2.24, 2.45) is 5.92 Å². The standard InChI is InChI=1S/C18H36N2O/c1-3-12-19-17-8-6-4-5-7-9-18(17)20(2)13-14-21-15-16-10-11-16/h16-19H,3-15H2,1-2H3.